The first-order valence-corrected chi connectivity index (χ1v) is 7.09. The highest BCUT2D eigenvalue weighted by Crippen LogP contribution is 2.27. The highest BCUT2D eigenvalue weighted by molar-refractivity contribution is 9.10. The van der Waals surface area contributed by atoms with Crippen molar-refractivity contribution in [2.24, 2.45) is 5.92 Å². The average Bonchev–Trinajstić information content (AvgIpc) is 2.83. The van der Waals surface area contributed by atoms with Crippen molar-refractivity contribution in [3.05, 3.63) is 28.2 Å². The van der Waals surface area contributed by atoms with Gasteiger partial charge in [-0.2, -0.15) is 5.26 Å². The van der Waals surface area contributed by atoms with E-state index in [4.69, 9.17) is 10.00 Å². The first-order valence-electron chi connectivity index (χ1n) is 6.30. The van der Waals surface area contributed by atoms with Gasteiger partial charge in [-0.25, -0.2) is 0 Å². The monoisotopic (exact) mass is 308 g/mol. The van der Waals surface area contributed by atoms with Crippen molar-refractivity contribution < 1.29 is 4.74 Å². The summed E-state index contributed by atoms with van der Waals surface area (Å²) >= 11 is 3.40. The number of ether oxygens (including phenoxy) is 1. The standard InChI is InChI=1S/C14H17BrN2O/c1-2-14-10(6-7-18-14)9-17-13-5-3-4-12(15)11(13)8-16/h3-5,10,14,17H,2,6-7,9H2,1H3. The topological polar surface area (TPSA) is 45.0 Å². The highest BCUT2D eigenvalue weighted by atomic mass is 79.9. The Morgan fingerprint density at radius 1 is 1.56 bits per heavy atom. The Morgan fingerprint density at radius 3 is 3.11 bits per heavy atom. The molecule has 1 saturated heterocycles. The maximum absolute atomic E-state index is 9.14. The first-order chi connectivity index (χ1) is 8.76. The highest BCUT2D eigenvalue weighted by Gasteiger charge is 2.26. The fourth-order valence-electron chi connectivity index (χ4n) is 2.40. The molecule has 0 saturated carbocycles. The summed E-state index contributed by atoms with van der Waals surface area (Å²) in [4.78, 5) is 0. The number of hydrogen-bond acceptors (Lipinski definition) is 3. The van der Waals surface area contributed by atoms with E-state index < -0.39 is 0 Å². The minimum atomic E-state index is 0.357. The molecule has 0 spiro atoms. The fraction of sp³-hybridized carbons (Fsp3) is 0.500. The Morgan fingerprint density at radius 2 is 2.39 bits per heavy atom. The molecule has 1 aromatic carbocycles. The SMILES string of the molecule is CCC1OCCC1CNc1cccc(Br)c1C#N. The van der Waals surface area contributed by atoms with E-state index >= 15 is 0 Å². The van der Waals surface area contributed by atoms with Crippen LogP contribution in [0.25, 0.3) is 0 Å². The van der Waals surface area contributed by atoms with Gasteiger partial charge in [0.25, 0.3) is 0 Å². The Balaban J connectivity index is 2.02. The average molecular weight is 309 g/mol. The van der Waals surface area contributed by atoms with E-state index in [9.17, 15) is 0 Å². The normalized spacial score (nSPS) is 22.7. The molecule has 2 rings (SSSR count). The second kappa shape index (κ2) is 6.21. The smallest absolute Gasteiger partial charge is 0.103 e. The maximum atomic E-state index is 9.14. The van der Waals surface area contributed by atoms with Crippen LogP contribution in [0.5, 0.6) is 0 Å². The van der Waals surface area contributed by atoms with Crippen molar-refractivity contribution in [3.63, 3.8) is 0 Å². The summed E-state index contributed by atoms with van der Waals surface area (Å²) in [5, 5.41) is 12.5. The van der Waals surface area contributed by atoms with Crippen molar-refractivity contribution in [1.29, 1.82) is 5.26 Å². The van der Waals surface area contributed by atoms with Crippen LogP contribution in [-0.2, 0) is 4.74 Å². The molecule has 4 heteroatoms. The van der Waals surface area contributed by atoms with Crippen molar-refractivity contribution in [3.8, 4) is 6.07 Å². The number of halogens is 1. The lowest BCUT2D eigenvalue weighted by atomic mass is 9.99. The number of anilines is 1. The van der Waals surface area contributed by atoms with Gasteiger partial charge in [0.05, 0.1) is 17.4 Å². The van der Waals surface area contributed by atoms with Crippen LogP contribution in [0.4, 0.5) is 5.69 Å². The molecule has 96 valence electrons. The number of hydrogen-bond donors (Lipinski definition) is 1. The van der Waals surface area contributed by atoms with Gasteiger partial charge in [-0.05, 0) is 40.9 Å². The van der Waals surface area contributed by atoms with Crippen LogP contribution >= 0.6 is 15.9 Å². The molecule has 18 heavy (non-hydrogen) atoms. The lowest BCUT2D eigenvalue weighted by Crippen LogP contribution is -2.23. The molecule has 1 aliphatic heterocycles. The van der Waals surface area contributed by atoms with E-state index in [1.54, 1.807) is 0 Å². The molecule has 1 fully saturated rings. The van der Waals surface area contributed by atoms with Gasteiger partial charge < -0.3 is 10.1 Å². The molecule has 1 aromatic rings. The number of nitriles is 1. The second-order valence-electron chi connectivity index (χ2n) is 4.52. The van der Waals surface area contributed by atoms with Crippen LogP contribution in [0.15, 0.2) is 22.7 Å². The lowest BCUT2D eigenvalue weighted by molar-refractivity contribution is 0.0900. The molecule has 0 aromatic heterocycles. The van der Waals surface area contributed by atoms with Crippen LogP contribution in [0.2, 0.25) is 0 Å². The van der Waals surface area contributed by atoms with E-state index in [1.807, 2.05) is 18.2 Å². The number of nitrogens with zero attached hydrogens (tertiary/aromatic N) is 1. The summed E-state index contributed by atoms with van der Waals surface area (Å²) in [6.07, 6.45) is 2.51. The van der Waals surface area contributed by atoms with Gasteiger partial charge in [-0.3, -0.25) is 0 Å². The summed E-state index contributed by atoms with van der Waals surface area (Å²) in [7, 11) is 0. The van der Waals surface area contributed by atoms with Crippen LogP contribution < -0.4 is 5.32 Å². The predicted molar refractivity (Wildman–Crippen MR) is 75.5 cm³/mol. The molecule has 2 atom stereocenters. The van der Waals surface area contributed by atoms with E-state index in [1.165, 1.54) is 0 Å². The number of rotatable bonds is 4. The Labute approximate surface area is 116 Å². The summed E-state index contributed by atoms with van der Waals surface area (Å²) in [5.41, 5.74) is 1.57. The van der Waals surface area contributed by atoms with Crippen molar-refractivity contribution in [1.82, 2.24) is 0 Å². The number of nitrogens with one attached hydrogen (secondary N) is 1. The van der Waals surface area contributed by atoms with Crippen molar-refractivity contribution in [2.75, 3.05) is 18.5 Å². The van der Waals surface area contributed by atoms with E-state index in [-0.39, 0.29) is 0 Å². The van der Waals surface area contributed by atoms with Crippen molar-refractivity contribution in [2.45, 2.75) is 25.9 Å². The predicted octanol–water partition coefficient (Wildman–Crippen LogP) is 3.55. The molecule has 0 radical (unpaired) electrons. The zero-order valence-electron chi connectivity index (χ0n) is 10.4. The minimum absolute atomic E-state index is 0.357. The fourth-order valence-corrected chi connectivity index (χ4v) is 2.86. The van der Waals surface area contributed by atoms with E-state index in [2.05, 4.69) is 34.2 Å². The molecule has 0 amide bonds. The van der Waals surface area contributed by atoms with Gasteiger partial charge in [-0.1, -0.05) is 13.0 Å². The largest absolute Gasteiger partial charge is 0.384 e. The Bertz CT molecular complexity index is 456. The molecule has 0 aliphatic carbocycles. The van der Waals surface area contributed by atoms with Gasteiger partial charge in [0.1, 0.15) is 6.07 Å². The molecule has 0 bridgehead atoms. The van der Waals surface area contributed by atoms with Crippen LogP contribution in [0.1, 0.15) is 25.3 Å². The summed E-state index contributed by atoms with van der Waals surface area (Å²) in [5.74, 6) is 0.542. The summed E-state index contributed by atoms with van der Waals surface area (Å²) in [6.45, 7) is 3.88. The molecule has 2 unspecified atom stereocenters. The van der Waals surface area contributed by atoms with Crippen LogP contribution in [-0.4, -0.2) is 19.3 Å². The van der Waals surface area contributed by atoms with E-state index in [0.717, 1.165) is 36.2 Å². The third-order valence-electron chi connectivity index (χ3n) is 3.43. The van der Waals surface area contributed by atoms with Crippen molar-refractivity contribution >= 4 is 21.6 Å². The molecule has 1 aliphatic rings. The van der Waals surface area contributed by atoms with E-state index in [0.29, 0.717) is 17.6 Å². The second-order valence-corrected chi connectivity index (χ2v) is 5.38. The quantitative estimate of drug-likeness (QED) is 0.925. The Hall–Kier alpha value is -1.05. The maximum Gasteiger partial charge on any atom is 0.103 e. The van der Waals surface area contributed by atoms with Gasteiger partial charge in [0.15, 0.2) is 0 Å². The lowest BCUT2D eigenvalue weighted by Gasteiger charge is -2.18. The minimum Gasteiger partial charge on any atom is -0.384 e. The molecule has 1 N–H and O–H groups in total. The van der Waals surface area contributed by atoms with Crippen LogP contribution in [0, 0.1) is 17.2 Å². The van der Waals surface area contributed by atoms with Gasteiger partial charge in [0, 0.05) is 23.5 Å². The summed E-state index contributed by atoms with van der Waals surface area (Å²) < 4.78 is 6.51. The van der Waals surface area contributed by atoms with Gasteiger partial charge in [0.2, 0.25) is 0 Å². The Kier molecular flexibility index (Phi) is 4.62. The zero-order chi connectivity index (χ0) is 13.0. The first kappa shape index (κ1) is 13.4. The van der Waals surface area contributed by atoms with Gasteiger partial charge in [-0.15, -0.1) is 0 Å². The summed E-state index contributed by atoms with van der Waals surface area (Å²) in [6, 6.07) is 7.99. The number of benzene rings is 1. The third kappa shape index (κ3) is 2.85. The molecular weight excluding hydrogens is 292 g/mol. The zero-order valence-corrected chi connectivity index (χ0v) is 12.0. The van der Waals surface area contributed by atoms with Crippen LogP contribution in [0.3, 0.4) is 0 Å². The molecule has 3 nitrogen and oxygen atoms in total. The molecule has 1 heterocycles. The van der Waals surface area contributed by atoms with Gasteiger partial charge >= 0.3 is 0 Å². The molecular formula is C14H17BrN2O. The third-order valence-corrected chi connectivity index (χ3v) is 4.09.